The zero-order chi connectivity index (χ0) is 13.1. The molecule has 0 radical (unpaired) electrons. The summed E-state index contributed by atoms with van der Waals surface area (Å²) in [6.45, 7) is 5.85. The molecule has 1 N–H and O–H groups in total. The van der Waals surface area contributed by atoms with E-state index in [4.69, 9.17) is 4.74 Å². The van der Waals surface area contributed by atoms with Crippen LogP contribution in [0, 0.1) is 0 Å². The number of phenolic OH excluding ortho intramolecular Hbond substituents is 1. The Morgan fingerprint density at radius 2 is 2.12 bits per heavy atom. The second kappa shape index (κ2) is 5.19. The fourth-order valence-corrected chi connectivity index (χ4v) is 1.52. The number of hydrogen-bond donors (Lipinski definition) is 1. The quantitative estimate of drug-likeness (QED) is 0.873. The van der Waals surface area contributed by atoms with E-state index in [1.807, 2.05) is 6.92 Å². The number of ether oxygens (including phenoxy) is 1. The zero-order valence-electron chi connectivity index (χ0n) is 10.7. The molecule has 0 saturated heterocycles. The first-order valence-corrected chi connectivity index (χ1v) is 5.58. The highest BCUT2D eigenvalue weighted by Gasteiger charge is 2.31. The monoisotopic (exact) mass is 237 g/mol. The summed E-state index contributed by atoms with van der Waals surface area (Å²) in [5.41, 5.74) is -0.204. The minimum absolute atomic E-state index is 0.131. The minimum Gasteiger partial charge on any atom is -0.508 e. The number of nitrogens with zero attached hydrogens (tertiary/aromatic N) is 1. The fraction of sp³-hybridized carbons (Fsp3) is 0.462. The maximum Gasteiger partial charge on any atom is 0.258 e. The topological polar surface area (TPSA) is 49.8 Å². The summed E-state index contributed by atoms with van der Waals surface area (Å²) < 4.78 is 5.18. The van der Waals surface area contributed by atoms with E-state index >= 15 is 0 Å². The summed E-state index contributed by atoms with van der Waals surface area (Å²) in [5, 5.41) is 9.43. The number of hydrogen-bond acceptors (Lipinski definition) is 3. The summed E-state index contributed by atoms with van der Waals surface area (Å²) in [7, 11) is 1.51. The molecule has 0 heterocycles. The first-order valence-electron chi connectivity index (χ1n) is 5.58. The lowest BCUT2D eigenvalue weighted by atomic mass is 10.1. The zero-order valence-corrected chi connectivity index (χ0v) is 10.7. The lowest BCUT2D eigenvalue weighted by Crippen LogP contribution is -2.46. The van der Waals surface area contributed by atoms with E-state index in [9.17, 15) is 9.90 Å². The Morgan fingerprint density at radius 3 is 2.59 bits per heavy atom. The molecule has 1 aromatic rings. The van der Waals surface area contributed by atoms with E-state index in [1.54, 1.807) is 43.0 Å². The molecule has 0 aliphatic rings. The van der Waals surface area contributed by atoms with Crippen molar-refractivity contribution in [2.24, 2.45) is 0 Å². The number of carbonyl (C=O) groups is 1. The molecule has 0 saturated carbocycles. The van der Waals surface area contributed by atoms with Gasteiger partial charge in [-0.3, -0.25) is 4.79 Å². The second-order valence-corrected chi connectivity index (χ2v) is 4.28. The number of methoxy groups -OCH3 is 1. The van der Waals surface area contributed by atoms with Crippen LogP contribution in [0.4, 0.5) is 5.69 Å². The van der Waals surface area contributed by atoms with Gasteiger partial charge in [0, 0.05) is 25.4 Å². The Kier molecular flexibility index (Phi) is 4.12. The molecule has 1 aromatic carbocycles. The van der Waals surface area contributed by atoms with Crippen molar-refractivity contribution in [3.05, 3.63) is 24.3 Å². The van der Waals surface area contributed by atoms with Gasteiger partial charge in [0.05, 0.1) is 0 Å². The first-order chi connectivity index (χ1) is 7.92. The summed E-state index contributed by atoms with van der Waals surface area (Å²) in [4.78, 5) is 13.8. The van der Waals surface area contributed by atoms with Crippen molar-refractivity contribution >= 4 is 11.6 Å². The maximum atomic E-state index is 12.3. The second-order valence-electron chi connectivity index (χ2n) is 4.28. The molecular weight excluding hydrogens is 218 g/mol. The molecule has 0 spiro atoms. The maximum absolute atomic E-state index is 12.3. The lowest BCUT2D eigenvalue weighted by Gasteiger charge is -2.30. The highest BCUT2D eigenvalue weighted by atomic mass is 16.5. The van der Waals surface area contributed by atoms with Gasteiger partial charge >= 0.3 is 0 Å². The predicted octanol–water partition coefficient (Wildman–Crippen LogP) is 2.17. The van der Waals surface area contributed by atoms with Crippen LogP contribution in [-0.2, 0) is 9.53 Å². The molecule has 4 nitrogen and oxygen atoms in total. The van der Waals surface area contributed by atoms with E-state index in [-0.39, 0.29) is 11.7 Å². The number of aromatic hydroxyl groups is 1. The Labute approximate surface area is 102 Å². The Hall–Kier alpha value is -1.55. The van der Waals surface area contributed by atoms with Crippen LogP contribution >= 0.6 is 0 Å². The molecule has 17 heavy (non-hydrogen) atoms. The fourth-order valence-electron chi connectivity index (χ4n) is 1.52. The van der Waals surface area contributed by atoms with E-state index < -0.39 is 5.60 Å². The smallest absolute Gasteiger partial charge is 0.258 e. The van der Waals surface area contributed by atoms with E-state index in [0.717, 1.165) is 0 Å². The van der Waals surface area contributed by atoms with Crippen LogP contribution in [0.5, 0.6) is 5.75 Å². The third-order valence-corrected chi connectivity index (χ3v) is 2.73. The molecule has 0 aromatic heterocycles. The molecule has 1 amide bonds. The summed E-state index contributed by atoms with van der Waals surface area (Å²) in [6, 6.07) is 6.63. The van der Waals surface area contributed by atoms with Crippen LogP contribution < -0.4 is 4.90 Å². The third-order valence-electron chi connectivity index (χ3n) is 2.73. The summed E-state index contributed by atoms with van der Waals surface area (Å²) in [5.74, 6) is 0.0112. The van der Waals surface area contributed by atoms with E-state index in [1.165, 1.54) is 7.11 Å². The average molecular weight is 237 g/mol. The van der Waals surface area contributed by atoms with Crippen molar-refractivity contribution in [1.29, 1.82) is 0 Å². The number of likely N-dealkylation sites (N-methyl/N-ethyl adjacent to an activating group) is 1. The molecule has 0 aliphatic heterocycles. The van der Waals surface area contributed by atoms with Crippen LogP contribution in [0.25, 0.3) is 0 Å². The van der Waals surface area contributed by atoms with Crippen LogP contribution in [-0.4, -0.2) is 30.3 Å². The van der Waals surface area contributed by atoms with E-state index in [2.05, 4.69) is 0 Å². The highest BCUT2D eigenvalue weighted by molar-refractivity contribution is 5.99. The van der Waals surface area contributed by atoms with Gasteiger partial charge in [-0.15, -0.1) is 0 Å². The summed E-state index contributed by atoms with van der Waals surface area (Å²) >= 11 is 0. The summed E-state index contributed by atoms with van der Waals surface area (Å²) in [6.07, 6.45) is 0. The van der Waals surface area contributed by atoms with E-state index in [0.29, 0.717) is 12.2 Å². The van der Waals surface area contributed by atoms with Crippen LogP contribution in [0.15, 0.2) is 24.3 Å². The minimum atomic E-state index is -0.874. The van der Waals surface area contributed by atoms with Crippen molar-refractivity contribution in [3.8, 4) is 5.75 Å². The molecule has 0 atom stereocenters. The Balaban J connectivity index is 3.04. The van der Waals surface area contributed by atoms with Crippen molar-refractivity contribution in [2.75, 3.05) is 18.6 Å². The number of amides is 1. The van der Waals surface area contributed by atoms with Crippen molar-refractivity contribution in [3.63, 3.8) is 0 Å². The average Bonchev–Trinajstić information content (AvgIpc) is 2.30. The largest absolute Gasteiger partial charge is 0.508 e. The predicted molar refractivity (Wildman–Crippen MR) is 67.2 cm³/mol. The third kappa shape index (κ3) is 2.97. The standard InChI is InChI=1S/C13H19NO3/c1-5-14(12(16)13(2,3)17-4)10-7-6-8-11(15)9-10/h6-9,15H,5H2,1-4H3. The number of carbonyl (C=O) groups excluding carboxylic acids is 1. The lowest BCUT2D eigenvalue weighted by molar-refractivity contribution is -0.136. The normalized spacial score (nSPS) is 11.3. The molecule has 0 bridgehead atoms. The molecular formula is C13H19NO3. The van der Waals surface area contributed by atoms with Gasteiger partial charge in [0.25, 0.3) is 5.91 Å². The Bertz CT molecular complexity index is 401. The van der Waals surface area contributed by atoms with Crippen molar-refractivity contribution < 1.29 is 14.6 Å². The van der Waals surface area contributed by atoms with Gasteiger partial charge in [-0.25, -0.2) is 0 Å². The van der Waals surface area contributed by atoms with Gasteiger partial charge in [-0.05, 0) is 32.9 Å². The number of rotatable bonds is 4. The molecule has 0 fully saturated rings. The molecule has 4 heteroatoms. The van der Waals surface area contributed by atoms with Gasteiger partial charge in [-0.1, -0.05) is 6.07 Å². The molecule has 0 unspecified atom stereocenters. The van der Waals surface area contributed by atoms with Crippen LogP contribution in [0.2, 0.25) is 0 Å². The number of benzene rings is 1. The van der Waals surface area contributed by atoms with Gasteiger partial charge in [-0.2, -0.15) is 0 Å². The number of anilines is 1. The van der Waals surface area contributed by atoms with Crippen LogP contribution in [0.1, 0.15) is 20.8 Å². The number of phenols is 1. The van der Waals surface area contributed by atoms with Crippen LogP contribution in [0.3, 0.4) is 0 Å². The molecule has 0 aliphatic carbocycles. The highest BCUT2D eigenvalue weighted by Crippen LogP contribution is 2.23. The first kappa shape index (κ1) is 13.5. The Morgan fingerprint density at radius 1 is 1.47 bits per heavy atom. The SMILES string of the molecule is CCN(C(=O)C(C)(C)OC)c1cccc(O)c1. The van der Waals surface area contributed by atoms with Gasteiger partial charge in [0.15, 0.2) is 0 Å². The van der Waals surface area contributed by atoms with Crippen molar-refractivity contribution in [1.82, 2.24) is 0 Å². The van der Waals surface area contributed by atoms with Gasteiger partial charge < -0.3 is 14.7 Å². The van der Waals surface area contributed by atoms with Crippen molar-refractivity contribution in [2.45, 2.75) is 26.4 Å². The van der Waals surface area contributed by atoms with Gasteiger partial charge in [0.2, 0.25) is 0 Å². The molecule has 94 valence electrons. The van der Waals surface area contributed by atoms with Gasteiger partial charge in [0.1, 0.15) is 11.4 Å². The molecule has 1 rings (SSSR count).